The van der Waals surface area contributed by atoms with E-state index >= 15 is 0 Å². The van der Waals surface area contributed by atoms with Gasteiger partial charge in [-0.25, -0.2) is 4.98 Å². The van der Waals surface area contributed by atoms with E-state index in [9.17, 15) is 4.79 Å². The molecule has 1 amide bonds. The molecule has 0 aliphatic carbocycles. The topological polar surface area (TPSA) is 42.4 Å². The van der Waals surface area contributed by atoms with Crippen molar-refractivity contribution in [3.05, 3.63) is 29.0 Å². The van der Waals surface area contributed by atoms with Crippen molar-refractivity contribution in [1.82, 2.24) is 9.88 Å². The number of pyridine rings is 1. The minimum Gasteiger partial charge on any atom is -0.378 e. The summed E-state index contributed by atoms with van der Waals surface area (Å²) in [6.07, 6.45) is 1.67. The lowest BCUT2D eigenvalue weighted by Crippen LogP contribution is -2.54. The van der Waals surface area contributed by atoms with Gasteiger partial charge in [0.05, 0.1) is 11.7 Å². The molecule has 1 aliphatic heterocycles. The Kier molecular flexibility index (Phi) is 2.88. The largest absolute Gasteiger partial charge is 0.378 e. The van der Waals surface area contributed by atoms with Crippen LogP contribution in [0.25, 0.3) is 0 Å². The molecule has 0 spiro atoms. The highest BCUT2D eigenvalue weighted by Gasteiger charge is 2.30. The van der Waals surface area contributed by atoms with Gasteiger partial charge >= 0.3 is 0 Å². The summed E-state index contributed by atoms with van der Waals surface area (Å²) >= 11 is 5.63. The third-order valence-corrected chi connectivity index (χ3v) is 2.67. The third kappa shape index (κ3) is 2.11. The highest BCUT2D eigenvalue weighted by molar-refractivity contribution is 6.29. The fourth-order valence-corrected chi connectivity index (χ4v) is 1.55. The van der Waals surface area contributed by atoms with E-state index in [1.165, 1.54) is 6.20 Å². The summed E-state index contributed by atoms with van der Waals surface area (Å²) in [6, 6.07) is 3.29. The van der Waals surface area contributed by atoms with Gasteiger partial charge < -0.3 is 9.64 Å². The second kappa shape index (κ2) is 4.16. The molecule has 0 saturated carbocycles. The second-order valence-electron chi connectivity index (χ2n) is 3.44. The van der Waals surface area contributed by atoms with Crippen LogP contribution in [0.3, 0.4) is 0 Å². The monoisotopic (exact) mass is 226 g/mol. The lowest BCUT2D eigenvalue weighted by molar-refractivity contribution is -0.0192. The summed E-state index contributed by atoms with van der Waals surface area (Å²) in [7, 11) is 1.65. The van der Waals surface area contributed by atoms with Gasteiger partial charge in [0.15, 0.2) is 0 Å². The predicted molar refractivity (Wildman–Crippen MR) is 55.9 cm³/mol. The lowest BCUT2D eigenvalue weighted by Gasteiger charge is -2.38. The molecule has 2 heterocycles. The van der Waals surface area contributed by atoms with Crippen LogP contribution >= 0.6 is 11.6 Å². The molecule has 0 unspecified atom stereocenters. The maximum atomic E-state index is 11.8. The van der Waals surface area contributed by atoms with Crippen LogP contribution in [0, 0.1) is 0 Å². The number of carbonyl (C=O) groups excluding carboxylic acids is 1. The van der Waals surface area contributed by atoms with Crippen molar-refractivity contribution >= 4 is 17.5 Å². The standard InChI is InChI=1S/C10H11ClN2O2/c1-15-8-5-13(6-8)10(14)7-2-3-9(11)12-4-7/h2-4,8H,5-6H2,1H3. The Labute approximate surface area is 92.8 Å². The summed E-state index contributed by atoms with van der Waals surface area (Å²) in [6.45, 7) is 1.30. The number of ether oxygens (including phenoxy) is 1. The molecule has 1 aliphatic rings. The highest BCUT2D eigenvalue weighted by atomic mass is 35.5. The predicted octanol–water partition coefficient (Wildman–Crippen LogP) is 1.21. The molecule has 5 heteroatoms. The van der Waals surface area contributed by atoms with Gasteiger partial charge in [-0.3, -0.25) is 4.79 Å². The number of methoxy groups -OCH3 is 1. The maximum Gasteiger partial charge on any atom is 0.255 e. The molecular weight excluding hydrogens is 216 g/mol. The number of hydrogen-bond donors (Lipinski definition) is 0. The van der Waals surface area contributed by atoms with E-state index in [2.05, 4.69) is 4.98 Å². The quantitative estimate of drug-likeness (QED) is 0.712. The molecule has 2 rings (SSSR count). The van der Waals surface area contributed by atoms with Gasteiger partial charge in [-0.05, 0) is 12.1 Å². The smallest absolute Gasteiger partial charge is 0.255 e. The number of amides is 1. The number of likely N-dealkylation sites (tertiary alicyclic amines) is 1. The molecule has 0 radical (unpaired) electrons. The summed E-state index contributed by atoms with van der Waals surface area (Å²) < 4.78 is 5.09. The molecule has 80 valence electrons. The Hall–Kier alpha value is -1.13. The van der Waals surface area contributed by atoms with E-state index in [0.717, 1.165) is 0 Å². The Balaban J connectivity index is 2.00. The first-order valence-electron chi connectivity index (χ1n) is 4.64. The van der Waals surface area contributed by atoms with Crippen molar-refractivity contribution in [3.63, 3.8) is 0 Å². The molecule has 1 aromatic rings. The van der Waals surface area contributed by atoms with Crippen molar-refractivity contribution in [2.75, 3.05) is 20.2 Å². The van der Waals surface area contributed by atoms with Crippen LogP contribution in [0.1, 0.15) is 10.4 Å². The molecule has 0 bridgehead atoms. The minimum atomic E-state index is -0.0209. The van der Waals surface area contributed by atoms with E-state index in [0.29, 0.717) is 23.8 Å². The Morgan fingerprint density at radius 3 is 2.87 bits per heavy atom. The summed E-state index contributed by atoms with van der Waals surface area (Å²) in [4.78, 5) is 17.4. The molecule has 4 nitrogen and oxygen atoms in total. The number of rotatable bonds is 2. The van der Waals surface area contributed by atoms with E-state index < -0.39 is 0 Å². The number of nitrogens with zero attached hydrogens (tertiary/aromatic N) is 2. The van der Waals surface area contributed by atoms with Gasteiger partial charge in [0, 0.05) is 26.4 Å². The first-order chi connectivity index (χ1) is 7.20. The number of aromatic nitrogens is 1. The second-order valence-corrected chi connectivity index (χ2v) is 3.82. The van der Waals surface area contributed by atoms with Gasteiger partial charge in [0.25, 0.3) is 5.91 Å². The fourth-order valence-electron chi connectivity index (χ4n) is 1.44. The first kappa shape index (κ1) is 10.4. The fraction of sp³-hybridized carbons (Fsp3) is 0.400. The highest BCUT2D eigenvalue weighted by Crippen LogP contribution is 2.15. The van der Waals surface area contributed by atoms with Crippen LogP contribution in [-0.2, 0) is 4.74 Å². The summed E-state index contributed by atoms with van der Waals surface area (Å²) in [5.74, 6) is -0.0209. The summed E-state index contributed by atoms with van der Waals surface area (Å²) in [5, 5.41) is 0.393. The Bertz CT molecular complexity index is 360. The van der Waals surface area contributed by atoms with Crippen molar-refractivity contribution in [1.29, 1.82) is 0 Å². The average Bonchev–Trinajstić information content (AvgIpc) is 2.17. The third-order valence-electron chi connectivity index (χ3n) is 2.44. The molecule has 15 heavy (non-hydrogen) atoms. The van der Waals surface area contributed by atoms with Crippen LogP contribution in [0.4, 0.5) is 0 Å². The zero-order valence-corrected chi connectivity index (χ0v) is 9.07. The summed E-state index contributed by atoms with van der Waals surface area (Å²) in [5.41, 5.74) is 0.564. The van der Waals surface area contributed by atoms with Gasteiger partial charge in [-0.1, -0.05) is 11.6 Å². The number of halogens is 1. The van der Waals surface area contributed by atoms with Crippen LogP contribution in [0.15, 0.2) is 18.3 Å². The zero-order chi connectivity index (χ0) is 10.8. The van der Waals surface area contributed by atoms with Crippen LogP contribution in [0.5, 0.6) is 0 Å². The molecule has 0 aromatic carbocycles. The normalized spacial score (nSPS) is 16.3. The first-order valence-corrected chi connectivity index (χ1v) is 5.02. The lowest BCUT2D eigenvalue weighted by atomic mass is 10.1. The van der Waals surface area contributed by atoms with Crippen molar-refractivity contribution < 1.29 is 9.53 Å². The van der Waals surface area contributed by atoms with Gasteiger partial charge in [0.1, 0.15) is 5.15 Å². The Morgan fingerprint density at radius 1 is 1.60 bits per heavy atom. The van der Waals surface area contributed by atoms with Crippen LogP contribution < -0.4 is 0 Å². The molecule has 1 saturated heterocycles. The number of hydrogen-bond acceptors (Lipinski definition) is 3. The molecule has 1 aromatic heterocycles. The van der Waals surface area contributed by atoms with Crippen LogP contribution in [0.2, 0.25) is 5.15 Å². The van der Waals surface area contributed by atoms with Crippen molar-refractivity contribution in [2.24, 2.45) is 0 Å². The van der Waals surface area contributed by atoms with Gasteiger partial charge in [-0.2, -0.15) is 0 Å². The maximum absolute atomic E-state index is 11.8. The zero-order valence-electron chi connectivity index (χ0n) is 8.31. The van der Waals surface area contributed by atoms with Gasteiger partial charge in [0.2, 0.25) is 0 Å². The van der Waals surface area contributed by atoms with Gasteiger partial charge in [-0.15, -0.1) is 0 Å². The SMILES string of the molecule is COC1CN(C(=O)c2ccc(Cl)nc2)C1. The molecular formula is C10H11ClN2O2. The van der Waals surface area contributed by atoms with Crippen molar-refractivity contribution in [2.45, 2.75) is 6.10 Å². The Morgan fingerprint density at radius 2 is 2.33 bits per heavy atom. The van der Waals surface area contributed by atoms with E-state index in [1.54, 1.807) is 24.1 Å². The van der Waals surface area contributed by atoms with Crippen LogP contribution in [-0.4, -0.2) is 42.1 Å². The van der Waals surface area contributed by atoms with E-state index in [1.807, 2.05) is 0 Å². The minimum absolute atomic E-state index is 0.0209. The number of carbonyl (C=O) groups is 1. The molecule has 0 atom stereocenters. The van der Waals surface area contributed by atoms with Crippen molar-refractivity contribution in [3.8, 4) is 0 Å². The van der Waals surface area contributed by atoms with E-state index in [4.69, 9.17) is 16.3 Å². The van der Waals surface area contributed by atoms with E-state index in [-0.39, 0.29) is 12.0 Å². The molecule has 0 N–H and O–H groups in total. The molecule has 1 fully saturated rings. The average molecular weight is 227 g/mol.